The third-order valence-corrected chi connectivity index (χ3v) is 9.27. The number of carboxylic acid groups (broad SMARTS) is 1. The van der Waals surface area contributed by atoms with E-state index in [1.807, 2.05) is 39.6 Å². The lowest BCUT2D eigenvalue weighted by atomic mass is 9.91. The Morgan fingerprint density at radius 1 is 1.17 bits per heavy atom. The lowest BCUT2D eigenvalue weighted by molar-refractivity contribution is -0.149. The number of aromatic nitrogens is 1. The zero-order valence-electron chi connectivity index (χ0n) is 26.6. The van der Waals surface area contributed by atoms with Crippen molar-refractivity contribution in [1.29, 1.82) is 0 Å². The van der Waals surface area contributed by atoms with E-state index in [-0.39, 0.29) is 47.8 Å². The number of carboxylic acids is 1. The predicted octanol–water partition coefficient (Wildman–Crippen LogP) is 5.28. The Morgan fingerprint density at radius 3 is 2.43 bits per heavy atom. The number of hydrogen-bond donors (Lipinski definition) is 2. The smallest absolute Gasteiger partial charge is 0.355 e. The van der Waals surface area contributed by atoms with Crippen LogP contribution in [0, 0.1) is 11.8 Å². The third-order valence-electron chi connectivity index (χ3n) is 8.34. The van der Waals surface area contributed by atoms with Crippen LogP contribution in [0.4, 0.5) is 0 Å². The second kappa shape index (κ2) is 17.6. The number of amides is 2. The first-order chi connectivity index (χ1) is 19.9. The van der Waals surface area contributed by atoms with Gasteiger partial charge in [-0.25, -0.2) is 9.78 Å². The highest BCUT2D eigenvalue weighted by Gasteiger charge is 2.38. The molecular formula is C31H52N4O6S. The Balaban J connectivity index is 2.43. The molecular weight excluding hydrogens is 556 g/mol. The van der Waals surface area contributed by atoms with Gasteiger partial charge in [0.15, 0.2) is 11.8 Å². The first-order valence-corrected chi connectivity index (χ1v) is 16.5. The number of carbonyl (C=O) groups excluding carboxylic acids is 3. The maximum absolute atomic E-state index is 14.5. The van der Waals surface area contributed by atoms with Crippen LogP contribution in [0.25, 0.3) is 0 Å². The minimum atomic E-state index is -1.15. The number of unbranched alkanes of at least 4 members (excludes halogenated alkanes) is 3. The molecule has 1 aliphatic heterocycles. The number of hydrogen-bond acceptors (Lipinski definition) is 8. The van der Waals surface area contributed by atoms with Crippen molar-refractivity contribution in [3.05, 3.63) is 16.1 Å². The quantitative estimate of drug-likeness (QED) is 0.180. The summed E-state index contributed by atoms with van der Waals surface area (Å²) in [6, 6.07) is -1.27. The number of carbonyl (C=O) groups is 4. The van der Waals surface area contributed by atoms with E-state index in [1.165, 1.54) is 12.3 Å². The van der Waals surface area contributed by atoms with E-state index in [2.05, 4.69) is 22.1 Å². The molecule has 1 saturated heterocycles. The van der Waals surface area contributed by atoms with E-state index in [0.717, 1.165) is 69.2 Å². The van der Waals surface area contributed by atoms with Crippen LogP contribution in [0.15, 0.2) is 5.38 Å². The second-order valence-corrected chi connectivity index (χ2v) is 12.9. The SMILES string of the molecule is CCCCCCN(C(=O)C(NC(=O)[C@H]1CCCCN1C)C(C)CC)C(CC(OC(C)=O)c1nc(C(=O)O)cs1)C(C)C. The molecule has 0 spiro atoms. The molecule has 1 aliphatic rings. The minimum absolute atomic E-state index is 0.00477. The van der Waals surface area contributed by atoms with Crippen molar-refractivity contribution >= 4 is 35.1 Å². The van der Waals surface area contributed by atoms with Crippen LogP contribution < -0.4 is 5.32 Å². The zero-order chi connectivity index (χ0) is 31.4. The maximum Gasteiger partial charge on any atom is 0.355 e. The molecule has 2 rings (SSSR count). The first-order valence-electron chi connectivity index (χ1n) is 15.6. The van der Waals surface area contributed by atoms with Crippen LogP contribution in [0.5, 0.6) is 0 Å². The van der Waals surface area contributed by atoms with Crippen LogP contribution in [-0.4, -0.2) is 81.9 Å². The van der Waals surface area contributed by atoms with E-state index in [1.54, 1.807) is 0 Å². The monoisotopic (exact) mass is 608 g/mol. The van der Waals surface area contributed by atoms with E-state index in [0.29, 0.717) is 11.6 Å². The molecule has 0 radical (unpaired) electrons. The topological polar surface area (TPSA) is 129 Å². The van der Waals surface area contributed by atoms with Gasteiger partial charge < -0.3 is 20.1 Å². The van der Waals surface area contributed by atoms with Crippen molar-refractivity contribution in [2.75, 3.05) is 20.1 Å². The first kappa shape index (κ1) is 35.7. The summed E-state index contributed by atoms with van der Waals surface area (Å²) in [4.78, 5) is 59.7. The zero-order valence-corrected chi connectivity index (χ0v) is 27.4. The van der Waals surface area contributed by atoms with Crippen LogP contribution in [-0.2, 0) is 19.1 Å². The summed E-state index contributed by atoms with van der Waals surface area (Å²) in [5.74, 6) is -1.97. The molecule has 11 heteroatoms. The van der Waals surface area contributed by atoms with Crippen LogP contribution in [0.3, 0.4) is 0 Å². The van der Waals surface area contributed by atoms with Crippen molar-refractivity contribution in [2.24, 2.45) is 11.8 Å². The largest absolute Gasteiger partial charge is 0.476 e. The molecule has 5 atom stereocenters. The fraction of sp³-hybridized carbons (Fsp3) is 0.774. The van der Waals surface area contributed by atoms with Crippen molar-refractivity contribution in [3.63, 3.8) is 0 Å². The summed E-state index contributed by atoms with van der Waals surface area (Å²) in [5, 5.41) is 14.4. The molecule has 0 aliphatic carbocycles. The maximum atomic E-state index is 14.5. The van der Waals surface area contributed by atoms with Crippen LogP contribution in [0.2, 0.25) is 0 Å². The van der Waals surface area contributed by atoms with Crippen molar-refractivity contribution < 1.29 is 29.0 Å². The molecule has 238 valence electrons. The van der Waals surface area contributed by atoms with Crippen molar-refractivity contribution in [1.82, 2.24) is 20.1 Å². The van der Waals surface area contributed by atoms with Gasteiger partial charge in [-0.15, -0.1) is 11.3 Å². The Labute approximate surface area is 255 Å². The summed E-state index contributed by atoms with van der Waals surface area (Å²) >= 11 is 1.13. The Morgan fingerprint density at radius 2 is 1.88 bits per heavy atom. The van der Waals surface area contributed by atoms with E-state index in [4.69, 9.17) is 4.74 Å². The van der Waals surface area contributed by atoms with Gasteiger partial charge in [0, 0.05) is 31.3 Å². The molecule has 2 amide bonds. The van der Waals surface area contributed by atoms with Gasteiger partial charge in [0.05, 0.1) is 6.04 Å². The number of nitrogens with zero attached hydrogens (tertiary/aromatic N) is 3. The summed E-state index contributed by atoms with van der Waals surface area (Å²) in [6.45, 7) is 12.9. The van der Waals surface area contributed by atoms with Gasteiger partial charge in [-0.05, 0) is 44.7 Å². The number of likely N-dealkylation sites (N-methyl/N-ethyl adjacent to an activating group) is 1. The highest BCUT2D eigenvalue weighted by molar-refractivity contribution is 7.09. The number of aromatic carboxylic acids is 1. The standard InChI is InChI=1S/C31H52N4O6S/c1-8-10-11-13-17-35(30(38)27(21(5)9-2)33-28(37)24-15-12-14-16-34(24)7)25(20(3)4)18-26(41-22(6)36)29-32-23(19-42-29)31(39)40/h19-21,24-27H,8-18H2,1-7H3,(H,33,37)(H,39,40)/t21?,24-,25?,26?,27?/m1/s1. The van der Waals surface area contributed by atoms with Crippen molar-refractivity contribution in [2.45, 2.75) is 124 Å². The van der Waals surface area contributed by atoms with Gasteiger partial charge in [0.1, 0.15) is 11.0 Å². The Hall–Kier alpha value is -2.53. The van der Waals surface area contributed by atoms with E-state index in [9.17, 15) is 24.3 Å². The van der Waals surface area contributed by atoms with Gasteiger partial charge in [0.25, 0.3) is 0 Å². The second-order valence-electron chi connectivity index (χ2n) is 12.0. The fourth-order valence-corrected chi connectivity index (χ4v) is 6.41. The normalized spacial score (nSPS) is 18.6. The van der Waals surface area contributed by atoms with Gasteiger partial charge >= 0.3 is 11.9 Å². The van der Waals surface area contributed by atoms with Gasteiger partial charge in [0.2, 0.25) is 11.8 Å². The number of thiazole rings is 1. The van der Waals surface area contributed by atoms with Gasteiger partial charge in [-0.3, -0.25) is 19.3 Å². The average Bonchev–Trinajstić information content (AvgIpc) is 3.44. The number of ether oxygens (including phenoxy) is 1. The summed E-state index contributed by atoms with van der Waals surface area (Å²) in [6.07, 6.45) is 6.92. The lowest BCUT2D eigenvalue weighted by Crippen LogP contribution is -2.59. The fourth-order valence-electron chi connectivity index (χ4n) is 5.58. The van der Waals surface area contributed by atoms with Gasteiger partial charge in [-0.2, -0.15) is 0 Å². The van der Waals surface area contributed by atoms with Crippen LogP contribution >= 0.6 is 11.3 Å². The van der Waals surface area contributed by atoms with Gasteiger partial charge in [-0.1, -0.05) is 66.7 Å². The number of esters is 1. The highest BCUT2D eigenvalue weighted by Crippen LogP contribution is 2.32. The molecule has 0 aromatic carbocycles. The van der Waals surface area contributed by atoms with E-state index >= 15 is 0 Å². The van der Waals surface area contributed by atoms with Crippen molar-refractivity contribution in [3.8, 4) is 0 Å². The molecule has 42 heavy (non-hydrogen) atoms. The molecule has 1 fully saturated rings. The van der Waals surface area contributed by atoms with Crippen LogP contribution in [0.1, 0.15) is 121 Å². The number of piperidine rings is 1. The Bertz CT molecular complexity index is 1030. The molecule has 10 nitrogen and oxygen atoms in total. The lowest BCUT2D eigenvalue weighted by Gasteiger charge is -2.40. The number of rotatable bonds is 17. The molecule has 0 bridgehead atoms. The highest BCUT2D eigenvalue weighted by atomic mass is 32.1. The summed E-state index contributed by atoms with van der Waals surface area (Å²) in [7, 11) is 1.96. The average molecular weight is 609 g/mol. The number of nitrogens with one attached hydrogen (secondary N) is 1. The predicted molar refractivity (Wildman–Crippen MR) is 164 cm³/mol. The third kappa shape index (κ3) is 10.3. The Kier molecular flexibility index (Phi) is 14.9. The molecule has 1 aromatic rings. The molecule has 4 unspecified atom stereocenters. The summed E-state index contributed by atoms with van der Waals surface area (Å²) < 4.78 is 5.67. The molecule has 1 aromatic heterocycles. The molecule has 2 N–H and O–H groups in total. The summed E-state index contributed by atoms with van der Waals surface area (Å²) in [5.41, 5.74) is -0.104. The minimum Gasteiger partial charge on any atom is -0.476 e. The van der Waals surface area contributed by atoms with E-state index < -0.39 is 24.1 Å². The molecule has 2 heterocycles. The molecule has 0 saturated carbocycles. The number of likely N-dealkylation sites (tertiary alicyclic amines) is 1.